The highest BCUT2D eigenvalue weighted by Crippen LogP contribution is 2.37. The molecular weight excluding hydrogens is 597 g/mol. The summed E-state index contributed by atoms with van der Waals surface area (Å²) in [4.78, 5) is 28.7. The fraction of sp³-hybridized carbons (Fsp3) is 0. The average Bonchev–Trinajstić information content (AvgIpc) is 3.53. The minimum absolute atomic E-state index is 0.626. The molecule has 0 aliphatic heterocycles. The Bertz CT molecular complexity index is 2510. The first kappa shape index (κ1) is 27.2. The molecule has 0 spiro atoms. The molecule has 0 bridgehead atoms. The van der Waals surface area contributed by atoms with Crippen LogP contribution in [0.25, 0.3) is 87.8 Å². The van der Waals surface area contributed by atoms with Gasteiger partial charge in [-0.1, -0.05) is 109 Å². The molecule has 0 N–H and O–H groups in total. The second-order valence-electron chi connectivity index (χ2n) is 11.2. The van der Waals surface area contributed by atoms with Crippen molar-refractivity contribution in [3.05, 3.63) is 146 Å². The monoisotopic (exact) mass is 620 g/mol. The number of aromatic nitrogens is 6. The Morgan fingerprint density at radius 3 is 1.70 bits per heavy atom. The largest absolute Gasteiger partial charge is 0.253 e. The summed E-state index contributed by atoms with van der Waals surface area (Å²) in [6, 6.07) is 45.3. The van der Waals surface area contributed by atoms with Crippen LogP contribution in [-0.4, -0.2) is 29.9 Å². The van der Waals surface area contributed by atoms with Gasteiger partial charge in [-0.25, -0.2) is 24.9 Å². The van der Waals surface area contributed by atoms with E-state index in [9.17, 15) is 0 Å². The summed E-state index contributed by atoms with van der Waals surface area (Å²) in [6.07, 6.45) is 3.57. The minimum Gasteiger partial charge on any atom is -0.253 e. The van der Waals surface area contributed by atoms with Gasteiger partial charge in [-0.2, -0.15) is 0 Å². The lowest BCUT2D eigenvalue weighted by Gasteiger charge is -2.10. The second kappa shape index (κ2) is 11.3. The van der Waals surface area contributed by atoms with Crippen LogP contribution in [0.4, 0.5) is 0 Å². The van der Waals surface area contributed by atoms with Crippen molar-refractivity contribution in [1.29, 1.82) is 0 Å². The molecule has 0 amide bonds. The van der Waals surface area contributed by atoms with E-state index in [1.165, 1.54) is 20.2 Å². The van der Waals surface area contributed by atoms with Gasteiger partial charge in [0, 0.05) is 43.7 Å². The van der Waals surface area contributed by atoms with E-state index in [0.717, 1.165) is 50.1 Å². The fourth-order valence-corrected chi connectivity index (χ4v) is 7.01. The Balaban J connectivity index is 1.10. The zero-order chi connectivity index (χ0) is 31.2. The van der Waals surface area contributed by atoms with Crippen LogP contribution in [0.2, 0.25) is 0 Å². The lowest BCUT2D eigenvalue weighted by atomic mass is 10.00. The van der Waals surface area contributed by atoms with E-state index in [1.807, 2.05) is 72.9 Å². The number of hydrogen-bond donors (Lipinski definition) is 0. The predicted octanol–water partition coefficient (Wildman–Crippen LogP) is 9.91. The molecule has 0 radical (unpaired) electrons. The lowest BCUT2D eigenvalue weighted by Crippen LogP contribution is -2.00. The number of hydrogen-bond acceptors (Lipinski definition) is 7. The molecule has 0 aliphatic rings. The summed E-state index contributed by atoms with van der Waals surface area (Å²) in [6.45, 7) is 0. The number of thiophene rings is 1. The van der Waals surface area contributed by atoms with Gasteiger partial charge < -0.3 is 0 Å². The molecular formula is C40H24N6S. The molecule has 0 unspecified atom stereocenters. The summed E-state index contributed by atoms with van der Waals surface area (Å²) < 4.78 is 2.42. The van der Waals surface area contributed by atoms with Crippen molar-refractivity contribution >= 4 is 42.4 Å². The molecule has 9 aromatic rings. The second-order valence-corrected chi connectivity index (χ2v) is 12.3. The maximum Gasteiger partial charge on any atom is 0.164 e. The van der Waals surface area contributed by atoms with E-state index in [-0.39, 0.29) is 0 Å². The van der Waals surface area contributed by atoms with Gasteiger partial charge in [0.2, 0.25) is 0 Å². The quantitative estimate of drug-likeness (QED) is 0.191. The fourth-order valence-electron chi connectivity index (χ4n) is 5.95. The summed E-state index contributed by atoms with van der Waals surface area (Å²) in [5.74, 6) is 1.91. The summed E-state index contributed by atoms with van der Waals surface area (Å²) >= 11 is 1.76. The van der Waals surface area contributed by atoms with Crippen LogP contribution < -0.4 is 0 Å². The molecule has 220 valence electrons. The lowest BCUT2D eigenvalue weighted by molar-refractivity contribution is 1.07. The van der Waals surface area contributed by atoms with E-state index in [2.05, 4.69) is 71.7 Å². The summed E-state index contributed by atoms with van der Waals surface area (Å²) in [5.41, 5.74) is 7.46. The Labute approximate surface area is 274 Å². The zero-order valence-electron chi connectivity index (χ0n) is 24.9. The maximum absolute atomic E-state index is 4.88. The molecule has 0 saturated carbocycles. The van der Waals surface area contributed by atoms with Gasteiger partial charge >= 0.3 is 0 Å². The Kier molecular flexibility index (Phi) is 6.54. The minimum atomic E-state index is 0.626. The first-order valence-corrected chi connectivity index (χ1v) is 16.1. The van der Waals surface area contributed by atoms with Gasteiger partial charge in [0.1, 0.15) is 6.33 Å². The third-order valence-electron chi connectivity index (χ3n) is 8.32. The standard InChI is InChI=1S/C40H24N6S/c1-3-9-26(10-4-1)38-44-39(27-11-5-2-6-12-27)46-40(45-38)28-17-15-25(16-18-28)29-19-20-33-32(21-29)37(43-24-42-33)34-22-31-30-13-7-8-14-35(30)47-36(31)23-41-34/h1-24H. The number of pyridine rings is 1. The van der Waals surface area contributed by atoms with E-state index in [1.54, 1.807) is 17.7 Å². The van der Waals surface area contributed by atoms with Crippen LogP contribution in [0.5, 0.6) is 0 Å². The van der Waals surface area contributed by atoms with E-state index in [0.29, 0.717) is 17.5 Å². The van der Waals surface area contributed by atoms with Crippen LogP contribution >= 0.6 is 11.3 Å². The van der Waals surface area contributed by atoms with Gasteiger partial charge in [0.25, 0.3) is 0 Å². The molecule has 4 heterocycles. The van der Waals surface area contributed by atoms with Crippen molar-refractivity contribution in [1.82, 2.24) is 29.9 Å². The van der Waals surface area contributed by atoms with Crippen LogP contribution in [-0.2, 0) is 0 Å². The molecule has 0 atom stereocenters. The average molecular weight is 621 g/mol. The van der Waals surface area contributed by atoms with Crippen molar-refractivity contribution in [2.45, 2.75) is 0 Å². The molecule has 9 rings (SSSR count). The predicted molar refractivity (Wildman–Crippen MR) is 191 cm³/mol. The van der Waals surface area contributed by atoms with Crippen molar-refractivity contribution in [3.63, 3.8) is 0 Å². The maximum atomic E-state index is 4.88. The number of nitrogens with zero attached hydrogens (tertiary/aromatic N) is 6. The van der Waals surface area contributed by atoms with Crippen molar-refractivity contribution in [2.24, 2.45) is 0 Å². The van der Waals surface area contributed by atoms with Gasteiger partial charge in [0.15, 0.2) is 17.5 Å². The van der Waals surface area contributed by atoms with Crippen molar-refractivity contribution in [2.75, 3.05) is 0 Å². The molecule has 4 aromatic heterocycles. The Morgan fingerprint density at radius 2 is 1.00 bits per heavy atom. The molecule has 7 heteroatoms. The highest BCUT2D eigenvalue weighted by molar-refractivity contribution is 7.25. The number of rotatable bonds is 5. The summed E-state index contributed by atoms with van der Waals surface area (Å²) in [5, 5.41) is 3.39. The highest BCUT2D eigenvalue weighted by Gasteiger charge is 2.15. The van der Waals surface area contributed by atoms with E-state index >= 15 is 0 Å². The van der Waals surface area contributed by atoms with Crippen LogP contribution in [0.15, 0.2) is 146 Å². The van der Waals surface area contributed by atoms with Crippen LogP contribution in [0.1, 0.15) is 0 Å². The first-order chi connectivity index (χ1) is 23.3. The Hall–Kier alpha value is -6.18. The number of fused-ring (bicyclic) bond motifs is 4. The molecule has 5 aromatic carbocycles. The molecule has 0 saturated heterocycles. The molecule has 47 heavy (non-hydrogen) atoms. The van der Waals surface area contributed by atoms with E-state index < -0.39 is 0 Å². The van der Waals surface area contributed by atoms with Crippen LogP contribution in [0.3, 0.4) is 0 Å². The molecule has 0 fully saturated rings. The van der Waals surface area contributed by atoms with Gasteiger partial charge in [0.05, 0.1) is 21.6 Å². The van der Waals surface area contributed by atoms with Gasteiger partial charge in [-0.15, -0.1) is 11.3 Å². The third kappa shape index (κ3) is 4.99. The molecule has 6 nitrogen and oxygen atoms in total. The van der Waals surface area contributed by atoms with Gasteiger partial charge in [-0.3, -0.25) is 4.98 Å². The number of benzene rings is 5. The normalized spacial score (nSPS) is 11.4. The van der Waals surface area contributed by atoms with Crippen molar-refractivity contribution in [3.8, 4) is 56.7 Å². The SMILES string of the molecule is c1ccc(-c2nc(-c3ccccc3)nc(-c3ccc(-c4ccc5ncnc(-c6cc7c(cn6)sc6ccccc67)c5c4)cc3)n2)cc1. The summed E-state index contributed by atoms with van der Waals surface area (Å²) in [7, 11) is 0. The highest BCUT2D eigenvalue weighted by atomic mass is 32.1. The smallest absolute Gasteiger partial charge is 0.164 e. The first-order valence-electron chi connectivity index (χ1n) is 15.3. The van der Waals surface area contributed by atoms with Crippen molar-refractivity contribution < 1.29 is 0 Å². The van der Waals surface area contributed by atoms with Crippen LogP contribution in [0, 0.1) is 0 Å². The topological polar surface area (TPSA) is 77.3 Å². The van der Waals surface area contributed by atoms with Gasteiger partial charge in [-0.05, 0) is 35.4 Å². The Morgan fingerprint density at radius 1 is 0.404 bits per heavy atom. The molecule has 0 aliphatic carbocycles. The zero-order valence-corrected chi connectivity index (χ0v) is 25.8. The third-order valence-corrected chi connectivity index (χ3v) is 9.44. The van der Waals surface area contributed by atoms with E-state index in [4.69, 9.17) is 24.9 Å².